The number of nitrogens with one attached hydrogen (secondary N) is 2. The van der Waals surface area contributed by atoms with Crippen LogP contribution in [0.25, 0.3) is 0 Å². The number of hydrogen-bond acceptors (Lipinski definition) is 4. The third kappa shape index (κ3) is 3.85. The Morgan fingerprint density at radius 2 is 2.44 bits per heavy atom. The van der Waals surface area contributed by atoms with Crippen LogP contribution in [-0.2, 0) is 13.1 Å². The van der Waals surface area contributed by atoms with E-state index in [2.05, 4.69) is 37.2 Å². The monoisotopic (exact) mass is 264 g/mol. The zero-order valence-corrected chi connectivity index (χ0v) is 11.0. The first-order valence-corrected chi connectivity index (χ1v) is 6.56. The molecule has 0 unspecified atom stereocenters. The minimum absolute atomic E-state index is 0.757. The van der Waals surface area contributed by atoms with E-state index in [1.54, 1.807) is 29.4 Å². The molecule has 0 aliphatic rings. The fourth-order valence-corrected chi connectivity index (χ4v) is 2.09. The second-order valence-electron chi connectivity index (χ2n) is 3.59. The second kappa shape index (κ2) is 6.75. The molecule has 0 aliphatic carbocycles. The smallest absolute Gasteiger partial charge is 0.191 e. The van der Waals surface area contributed by atoms with Gasteiger partial charge in [-0.15, -0.1) is 11.3 Å². The second-order valence-corrected chi connectivity index (χ2v) is 4.62. The standard InChI is InChI=1S/C11H16N6S/c1-12-11(15-7-10-3-2-6-18-10)14-4-5-17-9-13-8-16-17/h2-3,6,8-9H,4-5,7H2,1H3,(H2,12,14,15). The molecule has 6 nitrogen and oxygen atoms in total. The Hall–Kier alpha value is -1.89. The number of aliphatic imine (C=N–C) groups is 1. The Balaban J connectivity index is 1.69. The molecule has 2 heterocycles. The van der Waals surface area contributed by atoms with Crippen molar-refractivity contribution in [2.75, 3.05) is 13.6 Å². The van der Waals surface area contributed by atoms with E-state index in [4.69, 9.17) is 0 Å². The third-order valence-corrected chi connectivity index (χ3v) is 3.21. The van der Waals surface area contributed by atoms with Crippen LogP contribution >= 0.6 is 11.3 Å². The molecule has 2 rings (SSSR count). The number of hydrogen-bond donors (Lipinski definition) is 2. The number of nitrogens with zero attached hydrogens (tertiary/aromatic N) is 4. The van der Waals surface area contributed by atoms with Gasteiger partial charge in [0.25, 0.3) is 0 Å². The summed E-state index contributed by atoms with van der Waals surface area (Å²) < 4.78 is 1.78. The fraction of sp³-hybridized carbons (Fsp3) is 0.364. The number of thiophene rings is 1. The molecule has 0 fully saturated rings. The molecule has 0 aliphatic heterocycles. The molecule has 2 aromatic heterocycles. The normalized spacial score (nSPS) is 11.5. The van der Waals surface area contributed by atoms with Crippen LogP contribution < -0.4 is 10.6 Å². The maximum Gasteiger partial charge on any atom is 0.191 e. The van der Waals surface area contributed by atoms with Gasteiger partial charge in [-0.2, -0.15) is 5.10 Å². The molecular formula is C11H16N6S. The zero-order chi connectivity index (χ0) is 12.6. The van der Waals surface area contributed by atoms with Gasteiger partial charge in [0, 0.05) is 18.5 Å². The molecule has 0 aromatic carbocycles. The van der Waals surface area contributed by atoms with Crippen LogP contribution in [0.5, 0.6) is 0 Å². The molecule has 0 bridgehead atoms. The number of rotatable bonds is 5. The topological polar surface area (TPSA) is 67.1 Å². The Morgan fingerprint density at radius 3 is 3.11 bits per heavy atom. The van der Waals surface area contributed by atoms with Crippen LogP contribution in [0.15, 0.2) is 35.2 Å². The fourth-order valence-electron chi connectivity index (χ4n) is 1.44. The summed E-state index contributed by atoms with van der Waals surface area (Å²) in [6.45, 7) is 2.31. The lowest BCUT2D eigenvalue weighted by Gasteiger charge is -2.10. The third-order valence-electron chi connectivity index (χ3n) is 2.33. The molecule has 2 aromatic rings. The summed E-state index contributed by atoms with van der Waals surface area (Å²) >= 11 is 1.73. The van der Waals surface area contributed by atoms with Gasteiger partial charge in [-0.25, -0.2) is 4.98 Å². The van der Waals surface area contributed by atoms with Gasteiger partial charge in [0.05, 0.1) is 13.1 Å². The van der Waals surface area contributed by atoms with Crippen LogP contribution in [0, 0.1) is 0 Å². The molecule has 96 valence electrons. The van der Waals surface area contributed by atoms with Crippen molar-refractivity contribution < 1.29 is 0 Å². The van der Waals surface area contributed by atoms with Crippen molar-refractivity contribution in [1.82, 2.24) is 25.4 Å². The van der Waals surface area contributed by atoms with Crippen molar-refractivity contribution >= 4 is 17.3 Å². The van der Waals surface area contributed by atoms with Gasteiger partial charge in [-0.05, 0) is 11.4 Å². The number of guanidine groups is 1. The van der Waals surface area contributed by atoms with Crippen molar-refractivity contribution in [1.29, 1.82) is 0 Å². The van der Waals surface area contributed by atoms with E-state index in [1.165, 1.54) is 11.2 Å². The molecule has 7 heteroatoms. The average molecular weight is 264 g/mol. The molecule has 18 heavy (non-hydrogen) atoms. The lowest BCUT2D eigenvalue weighted by atomic mass is 10.5. The van der Waals surface area contributed by atoms with E-state index in [1.807, 2.05) is 6.07 Å². The van der Waals surface area contributed by atoms with Crippen LogP contribution in [0.3, 0.4) is 0 Å². The van der Waals surface area contributed by atoms with Gasteiger partial charge in [0.15, 0.2) is 5.96 Å². The molecular weight excluding hydrogens is 248 g/mol. The van der Waals surface area contributed by atoms with Crippen molar-refractivity contribution in [2.45, 2.75) is 13.1 Å². The quantitative estimate of drug-likeness (QED) is 0.616. The van der Waals surface area contributed by atoms with Gasteiger partial charge >= 0.3 is 0 Å². The highest BCUT2D eigenvalue weighted by Gasteiger charge is 1.98. The van der Waals surface area contributed by atoms with Crippen LogP contribution in [0.1, 0.15) is 4.88 Å². The number of aromatic nitrogens is 3. The Morgan fingerprint density at radius 1 is 1.50 bits per heavy atom. The van der Waals surface area contributed by atoms with Gasteiger partial charge in [0.1, 0.15) is 12.7 Å². The first-order valence-electron chi connectivity index (χ1n) is 5.68. The maximum absolute atomic E-state index is 4.16. The SMILES string of the molecule is CN=C(NCCn1cncn1)NCc1cccs1. The summed E-state index contributed by atoms with van der Waals surface area (Å²) in [5, 5.41) is 12.6. The summed E-state index contributed by atoms with van der Waals surface area (Å²) in [5.41, 5.74) is 0. The summed E-state index contributed by atoms with van der Waals surface area (Å²) in [7, 11) is 1.76. The summed E-state index contributed by atoms with van der Waals surface area (Å²) in [5.74, 6) is 0.795. The molecule has 2 N–H and O–H groups in total. The highest BCUT2D eigenvalue weighted by atomic mass is 32.1. The molecule has 0 saturated carbocycles. The largest absolute Gasteiger partial charge is 0.355 e. The molecule has 0 radical (unpaired) electrons. The van der Waals surface area contributed by atoms with Crippen LogP contribution in [-0.4, -0.2) is 34.3 Å². The minimum atomic E-state index is 0.757. The van der Waals surface area contributed by atoms with Crippen molar-refractivity contribution in [3.63, 3.8) is 0 Å². The Bertz CT molecular complexity index is 462. The average Bonchev–Trinajstić information content (AvgIpc) is 3.06. The van der Waals surface area contributed by atoms with E-state index in [0.29, 0.717) is 0 Å². The van der Waals surface area contributed by atoms with E-state index >= 15 is 0 Å². The van der Waals surface area contributed by atoms with E-state index < -0.39 is 0 Å². The minimum Gasteiger partial charge on any atom is -0.355 e. The van der Waals surface area contributed by atoms with Gasteiger partial charge in [-0.1, -0.05) is 6.07 Å². The maximum atomic E-state index is 4.16. The van der Waals surface area contributed by atoms with Crippen LogP contribution in [0.4, 0.5) is 0 Å². The molecule has 0 spiro atoms. The Labute approximate surface area is 110 Å². The first kappa shape index (κ1) is 12.6. The van der Waals surface area contributed by atoms with E-state index in [9.17, 15) is 0 Å². The lowest BCUT2D eigenvalue weighted by molar-refractivity contribution is 0.596. The first-order chi connectivity index (χ1) is 8.88. The van der Waals surface area contributed by atoms with Crippen molar-refractivity contribution in [3.8, 4) is 0 Å². The van der Waals surface area contributed by atoms with Crippen molar-refractivity contribution in [3.05, 3.63) is 35.0 Å². The van der Waals surface area contributed by atoms with Crippen LogP contribution in [0.2, 0.25) is 0 Å². The summed E-state index contributed by atoms with van der Waals surface area (Å²) in [4.78, 5) is 9.34. The highest BCUT2D eigenvalue weighted by Crippen LogP contribution is 2.06. The molecule has 0 amide bonds. The van der Waals surface area contributed by atoms with E-state index in [-0.39, 0.29) is 0 Å². The van der Waals surface area contributed by atoms with E-state index in [0.717, 1.165) is 25.6 Å². The zero-order valence-electron chi connectivity index (χ0n) is 10.2. The Kier molecular flexibility index (Phi) is 4.71. The lowest BCUT2D eigenvalue weighted by Crippen LogP contribution is -2.38. The van der Waals surface area contributed by atoms with Gasteiger partial charge in [0.2, 0.25) is 0 Å². The summed E-state index contributed by atoms with van der Waals surface area (Å²) in [6, 6.07) is 4.14. The predicted molar refractivity (Wildman–Crippen MR) is 72.5 cm³/mol. The van der Waals surface area contributed by atoms with Crippen molar-refractivity contribution in [2.24, 2.45) is 4.99 Å². The summed E-state index contributed by atoms with van der Waals surface area (Å²) in [6.07, 6.45) is 3.23. The van der Waals surface area contributed by atoms with Gasteiger partial charge in [-0.3, -0.25) is 9.67 Å². The molecule has 0 atom stereocenters. The predicted octanol–water partition coefficient (Wildman–Crippen LogP) is 0.705. The highest BCUT2D eigenvalue weighted by molar-refractivity contribution is 7.09. The van der Waals surface area contributed by atoms with Gasteiger partial charge < -0.3 is 10.6 Å². The molecule has 0 saturated heterocycles.